The molecule has 0 aliphatic carbocycles. The Bertz CT molecular complexity index is 834. The molecule has 0 aromatic heterocycles. The summed E-state index contributed by atoms with van der Waals surface area (Å²) in [5.41, 5.74) is 1.77. The maximum absolute atomic E-state index is 12.2. The third-order valence-electron chi connectivity index (χ3n) is 5.54. The molecule has 1 aliphatic rings. The van der Waals surface area contributed by atoms with Gasteiger partial charge in [-0.05, 0) is 42.8 Å². The van der Waals surface area contributed by atoms with Crippen LogP contribution in [0.4, 0.5) is 5.69 Å². The second-order valence-electron chi connectivity index (χ2n) is 7.92. The Morgan fingerprint density at radius 3 is 2.34 bits per heavy atom. The smallest absolute Gasteiger partial charge is 0.251 e. The molecule has 1 aliphatic heterocycles. The predicted octanol–water partition coefficient (Wildman–Crippen LogP) is 2.53. The van der Waals surface area contributed by atoms with Crippen molar-refractivity contribution in [2.45, 2.75) is 19.8 Å². The van der Waals surface area contributed by atoms with Crippen LogP contribution in [0, 0.1) is 0 Å². The molecule has 2 aromatic carbocycles. The number of ether oxygens (including phenoxy) is 1. The van der Waals surface area contributed by atoms with Gasteiger partial charge in [0.2, 0.25) is 5.91 Å². The largest absolute Gasteiger partial charge is 0.494 e. The lowest BCUT2D eigenvalue weighted by Gasteiger charge is -2.36. The van der Waals surface area contributed by atoms with Crippen LogP contribution in [0.25, 0.3) is 0 Å². The van der Waals surface area contributed by atoms with E-state index in [2.05, 4.69) is 51.6 Å². The van der Waals surface area contributed by atoms with Gasteiger partial charge < -0.3 is 20.3 Å². The highest BCUT2D eigenvalue weighted by Crippen LogP contribution is 2.15. The Balaban J connectivity index is 1.29. The summed E-state index contributed by atoms with van der Waals surface area (Å²) in [6.07, 6.45) is 2.08. The van der Waals surface area contributed by atoms with Crippen LogP contribution >= 0.6 is 0 Å². The zero-order valence-electron chi connectivity index (χ0n) is 18.9. The molecule has 172 valence electrons. The minimum atomic E-state index is -0.266. The first-order valence-electron chi connectivity index (χ1n) is 11.5. The van der Waals surface area contributed by atoms with E-state index in [4.69, 9.17) is 4.74 Å². The van der Waals surface area contributed by atoms with Crippen molar-refractivity contribution in [3.05, 3.63) is 60.2 Å². The van der Waals surface area contributed by atoms with Crippen LogP contribution in [0.1, 0.15) is 30.1 Å². The summed E-state index contributed by atoms with van der Waals surface area (Å²) in [5.74, 6) is 0.301. The number of carbonyl (C=O) groups is 2. The molecule has 1 heterocycles. The summed E-state index contributed by atoms with van der Waals surface area (Å²) in [5, 5.41) is 5.56. The third-order valence-corrected chi connectivity index (χ3v) is 5.54. The van der Waals surface area contributed by atoms with Gasteiger partial charge in [0.25, 0.3) is 5.91 Å². The number of nitrogens with zero attached hydrogens (tertiary/aromatic N) is 2. The number of hydrogen-bond donors (Lipinski definition) is 2. The van der Waals surface area contributed by atoms with Crippen molar-refractivity contribution >= 4 is 17.5 Å². The molecule has 1 fully saturated rings. The predicted molar refractivity (Wildman–Crippen MR) is 127 cm³/mol. The van der Waals surface area contributed by atoms with Crippen LogP contribution in [0.2, 0.25) is 0 Å². The number of benzene rings is 2. The highest BCUT2D eigenvalue weighted by Gasteiger charge is 2.17. The van der Waals surface area contributed by atoms with Crippen molar-refractivity contribution in [1.82, 2.24) is 15.5 Å². The van der Waals surface area contributed by atoms with Crippen molar-refractivity contribution in [2.24, 2.45) is 0 Å². The second-order valence-corrected chi connectivity index (χ2v) is 7.92. The van der Waals surface area contributed by atoms with Gasteiger partial charge in [0.15, 0.2) is 0 Å². The molecule has 7 heteroatoms. The van der Waals surface area contributed by atoms with E-state index >= 15 is 0 Å². The molecule has 2 amide bonds. The van der Waals surface area contributed by atoms with Gasteiger partial charge in [0.1, 0.15) is 5.75 Å². The average molecular weight is 439 g/mol. The molecular weight excluding hydrogens is 404 g/mol. The van der Waals surface area contributed by atoms with Gasteiger partial charge in [-0.25, -0.2) is 0 Å². The standard InChI is InChI=1S/C25H34N4O3/c1-2-3-19-32-23-11-9-21(10-12-23)25(31)27-20-24(30)26-13-14-28-15-17-29(18-16-28)22-7-5-4-6-8-22/h4-12H,2-3,13-20H2,1H3,(H,26,30)(H,27,31). The van der Waals surface area contributed by atoms with E-state index < -0.39 is 0 Å². The summed E-state index contributed by atoms with van der Waals surface area (Å²) >= 11 is 0. The van der Waals surface area contributed by atoms with Gasteiger partial charge in [0.05, 0.1) is 13.2 Å². The molecule has 0 spiro atoms. The molecule has 1 saturated heterocycles. The van der Waals surface area contributed by atoms with E-state index in [-0.39, 0.29) is 18.4 Å². The SMILES string of the molecule is CCCCOc1ccc(C(=O)NCC(=O)NCCN2CCN(c3ccccc3)CC2)cc1. The van der Waals surface area contributed by atoms with Crippen molar-refractivity contribution in [3.63, 3.8) is 0 Å². The maximum atomic E-state index is 12.2. The van der Waals surface area contributed by atoms with E-state index in [9.17, 15) is 9.59 Å². The lowest BCUT2D eigenvalue weighted by molar-refractivity contribution is -0.120. The quantitative estimate of drug-likeness (QED) is 0.528. The second kappa shape index (κ2) is 12.7. The van der Waals surface area contributed by atoms with Crippen molar-refractivity contribution < 1.29 is 14.3 Å². The number of carbonyl (C=O) groups excluding carboxylic acids is 2. The molecule has 3 rings (SSSR count). The van der Waals surface area contributed by atoms with Gasteiger partial charge >= 0.3 is 0 Å². The van der Waals surface area contributed by atoms with Crippen LogP contribution in [0.3, 0.4) is 0 Å². The van der Waals surface area contributed by atoms with Crippen LogP contribution in [0.15, 0.2) is 54.6 Å². The van der Waals surface area contributed by atoms with E-state index in [1.54, 1.807) is 24.3 Å². The summed E-state index contributed by atoms with van der Waals surface area (Å²) in [4.78, 5) is 29.1. The fourth-order valence-electron chi connectivity index (χ4n) is 3.58. The summed E-state index contributed by atoms with van der Waals surface area (Å²) in [6, 6.07) is 17.4. The highest BCUT2D eigenvalue weighted by molar-refractivity contribution is 5.96. The van der Waals surface area contributed by atoms with E-state index in [0.717, 1.165) is 51.3 Å². The lowest BCUT2D eigenvalue weighted by atomic mass is 10.2. The third kappa shape index (κ3) is 7.57. The molecule has 0 bridgehead atoms. The molecule has 0 radical (unpaired) electrons. The van der Waals surface area contributed by atoms with E-state index in [0.29, 0.717) is 18.7 Å². The first-order valence-corrected chi connectivity index (χ1v) is 11.5. The monoisotopic (exact) mass is 438 g/mol. The van der Waals surface area contributed by atoms with Crippen molar-refractivity contribution in [2.75, 3.05) is 57.3 Å². The molecular formula is C25H34N4O3. The van der Waals surface area contributed by atoms with Gasteiger partial charge in [-0.2, -0.15) is 0 Å². The number of anilines is 1. The van der Waals surface area contributed by atoms with Gasteiger partial charge in [0, 0.05) is 50.5 Å². The van der Waals surface area contributed by atoms with Crippen LogP contribution in [-0.4, -0.2) is 69.1 Å². The number of rotatable bonds is 11. The molecule has 0 atom stereocenters. The van der Waals surface area contributed by atoms with E-state index in [1.165, 1.54) is 5.69 Å². The molecule has 0 unspecified atom stereocenters. The molecule has 32 heavy (non-hydrogen) atoms. The van der Waals surface area contributed by atoms with Crippen LogP contribution in [0.5, 0.6) is 5.75 Å². The molecule has 2 aromatic rings. The minimum absolute atomic E-state index is 0.0324. The number of amides is 2. The zero-order valence-corrected chi connectivity index (χ0v) is 18.9. The normalized spacial score (nSPS) is 14.1. The van der Waals surface area contributed by atoms with Gasteiger partial charge in [-0.1, -0.05) is 31.5 Å². The maximum Gasteiger partial charge on any atom is 0.251 e. The summed E-state index contributed by atoms with van der Waals surface area (Å²) < 4.78 is 5.60. The van der Waals surface area contributed by atoms with Gasteiger partial charge in [-0.15, -0.1) is 0 Å². The Morgan fingerprint density at radius 1 is 0.938 bits per heavy atom. The fourth-order valence-corrected chi connectivity index (χ4v) is 3.58. The topological polar surface area (TPSA) is 73.9 Å². The number of piperazine rings is 1. The molecule has 0 saturated carbocycles. The van der Waals surface area contributed by atoms with Crippen LogP contribution in [-0.2, 0) is 4.79 Å². The van der Waals surface area contributed by atoms with Crippen molar-refractivity contribution in [3.8, 4) is 5.75 Å². The number of unbranched alkanes of at least 4 members (excludes halogenated alkanes) is 1. The Hall–Kier alpha value is -3.06. The fraction of sp³-hybridized carbons (Fsp3) is 0.440. The number of hydrogen-bond acceptors (Lipinski definition) is 5. The molecule has 7 nitrogen and oxygen atoms in total. The van der Waals surface area contributed by atoms with Gasteiger partial charge in [-0.3, -0.25) is 14.5 Å². The number of nitrogens with one attached hydrogen (secondary N) is 2. The van der Waals surface area contributed by atoms with Crippen molar-refractivity contribution in [1.29, 1.82) is 0 Å². The first kappa shape index (κ1) is 23.6. The average Bonchev–Trinajstić information content (AvgIpc) is 2.84. The zero-order chi connectivity index (χ0) is 22.6. The van der Waals surface area contributed by atoms with E-state index in [1.807, 2.05) is 6.07 Å². The first-order chi connectivity index (χ1) is 15.7. The highest BCUT2D eigenvalue weighted by atomic mass is 16.5. The minimum Gasteiger partial charge on any atom is -0.494 e. The Labute approximate surface area is 190 Å². The Kier molecular flexibility index (Phi) is 9.37. The number of para-hydroxylation sites is 1. The Morgan fingerprint density at radius 2 is 1.66 bits per heavy atom. The lowest BCUT2D eigenvalue weighted by Crippen LogP contribution is -2.49. The molecule has 2 N–H and O–H groups in total. The summed E-state index contributed by atoms with van der Waals surface area (Å²) in [6.45, 7) is 8.04. The van der Waals surface area contributed by atoms with Crippen LogP contribution < -0.4 is 20.3 Å². The summed E-state index contributed by atoms with van der Waals surface area (Å²) in [7, 11) is 0.